The maximum absolute atomic E-state index is 12.0. The average molecular weight is 310 g/mol. The van der Waals surface area contributed by atoms with Gasteiger partial charge in [0.05, 0.1) is 6.61 Å². The Balaban J connectivity index is 1.69. The van der Waals surface area contributed by atoms with Gasteiger partial charge in [-0.1, -0.05) is 0 Å². The average Bonchev–Trinajstić information content (AvgIpc) is 3.16. The third-order valence-corrected chi connectivity index (χ3v) is 4.66. The van der Waals surface area contributed by atoms with E-state index in [1.165, 1.54) is 16.8 Å². The highest BCUT2D eigenvalue weighted by Gasteiger charge is 2.59. The van der Waals surface area contributed by atoms with E-state index in [-0.39, 0.29) is 6.61 Å². The van der Waals surface area contributed by atoms with Gasteiger partial charge in [-0.15, -0.1) is 0 Å². The molecule has 1 aromatic rings. The molecule has 3 fully saturated rings. The summed E-state index contributed by atoms with van der Waals surface area (Å²) in [6, 6.07) is 1.26. The lowest BCUT2D eigenvalue weighted by Gasteiger charge is -2.27. The standard InChI is InChI=1S/C14H18N2O6/c17-7-8-10-11(22-14(21-10)4-1-2-5-14)12(20-8)16-6-3-9(18)15-13(16)19/h3,6,8,10-12,17H,1-2,4-5,7H2,(H,15,18,19). The van der Waals surface area contributed by atoms with Crippen molar-refractivity contribution in [2.45, 2.75) is 56.0 Å². The summed E-state index contributed by atoms with van der Waals surface area (Å²) in [6.45, 7) is -0.213. The third kappa shape index (κ3) is 2.06. The van der Waals surface area contributed by atoms with Gasteiger partial charge in [-0.2, -0.15) is 0 Å². The van der Waals surface area contributed by atoms with Crippen molar-refractivity contribution in [3.8, 4) is 0 Å². The molecule has 4 rings (SSSR count). The first-order chi connectivity index (χ1) is 10.6. The van der Waals surface area contributed by atoms with E-state index in [0.717, 1.165) is 25.7 Å². The number of hydrogen-bond acceptors (Lipinski definition) is 6. The highest BCUT2D eigenvalue weighted by Crippen LogP contribution is 2.48. The van der Waals surface area contributed by atoms with Crippen LogP contribution in [0.5, 0.6) is 0 Å². The van der Waals surface area contributed by atoms with Gasteiger partial charge in [-0.25, -0.2) is 4.79 Å². The van der Waals surface area contributed by atoms with Gasteiger partial charge in [0.1, 0.15) is 18.3 Å². The van der Waals surface area contributed by atoms with Crippen molar-refractivity contribution in [3.63, 3.8) is 0 Å². The van der Waals surface area contributed by atoms with Gasteiger partial charge in [0.15, 0.2) is 12.0 Å². The van der Waals surface area contributed by atoms with Gasteiger partial charge in [0.25, 0.3) is 5.56 Å². The predicted molar refractivity (Wildman–Crippen MR) is 73.3 cm³/mol. The molecule has 22 heavy (non-hydrogen) atoms. The van der Waals surface area contributed by atoms with Gasteiger partial charge in [0, 0.05) is 25.1 Å². The van der Waals surface area contributed by atoms with E-state index in [0.29, 0.717) is 0 Å². The van der Waals surface area contributed by atoms with Crippen LogP contribution in [0.1, 0.15) is 31.9 Å². The van der Waals surface area contributed by atoms with Gasteiger partial charge < -0.3 is 19.3 Å². The van der Waals surface area contributed by atoms with Crippen LogP contribution in [0.4, 0.5) is 0 Å². The molecule has 1 spiro atoms. The highest BCUT2D eigenvalue weighted by molar-refractivity contribution is 5.00. The number of hydrogen-bond donors (Lipinski definition) is 2. The third-order valence-electron chi connectivity index (χ3n) is 4.66. The second-order valence-corrected chi connectivity index (χ2v) is 6.05. The minimum Gasteiger partial charge on any atom is -0.394 e. The molecule has 0 aromatic carbocycles. The Morgan fingerprint density at radius 3 is 2.68 bits per heavy atom. The molecule has 2 N–H and O–H groups in total. The Labute approximate surface area is 125 Å². The zero-order valence-electron chi connectivity index (χ0n) is 11.9. The van der Waals surface area contributed by atoms with E-state index in [1.807, 2.05) is 0 Å². The van der Waals surface area contributed by atoms with E-state index in [9.17, 15) is 14.7 Å². The fourth-order valence-electron chi connectivity index (χ4n) is 3.65. The largest absolute Gasteiger partial charge is 0.394 e. The Kier molecular flexibility index (Phi) is 3.23. The quantitative estimate of drug-likeness (QED) is 0.762. The molecule has 2 aliphatic heterocycles. The van der Waals surface area contributed by atoms with Crippen molar-refractivity contribution < 1.29 is 19.3 Å². The molecule has 2 saturated heterocycles. The zero-order valence-corrected chi connectivity index (χ0v) is 11.9. The highest BCUT2D eigenvalue weighted by atomic mass is 16.8. The lowest BCUT2D eigenvalue weighted by atomic mass is 10.1. The summed E-state index contributed by atoms with van der Waals surface area (Å²) in [5, 5.41) is 9.52. The first kappa shape index (κ1) is 14.1. The van der Waals surface area contributed by atoms with E-state index >= 15 is 0 Å². The summed E-state index contributed by atoms with van der Waals surface area (Å²) < 4.78 is 19.2. The molecule has 1 aromatic heterocycles. The van der Waals surface area contributed by atoms with Crippen molar-refractivity contribution in [3.05, 3.63) is 33.1 Å². The van der Waals surface area contributed by atoms with Crippen LogP contribution < -0.4 is 11.2 Å². The lowest BCUT2D eigenvalue weighted by molar-refractivity contribution is -0.216. The van der Waals surface area contributed by atoms with Gasteiger partial charge in [-0.3, -0.25) is 14.3 Å². The summed E-state index contributed by atoms with van der Waals surface area (Å²) in [5.74, 6) is -0.615. The molecule has 8 nitrogen and oxygen atoms in total. The minimum atomic E-state index is -0.716. The molecule has 0 amide bonds. The molecule has 0 bridgehead atoms. The fraction of sp³-hybridized carbons (Fsp3) is 0.714. The van der Waals surface area contributed by atoms with Crippen LogP contribution >= 0.6 is 0 Å². The summed E-state index contributed by atoms with van der Waals surface area (Å²) in [4.78, 5) is 25.4. The summed E-state index contributed by atoms with van der Waals surface area (Å²) in [7, 11) is 0. The number of rotatable bonds is 2. The molecule has 3 aliphatic rings. The maximum Gasteiger partial charge on any atom is 0.330 e. The zero-order chi connectivity index (χ0) is 15.3. The SMILES string of the molecule is O=c1ccn(C2OC(CO)C3OC4(CCCC4)OC32)c(=O)[nH]1. The minimum absolute atomic E-state index is 0.213. The van der Waals surface area contributed by atoms with Crippen molar-refractivity contribution >= 4 is 0 Å². The molecule has 4 unspecified atom stereocenters. The molecular weight excluding hydrogens is 292 g/mol. The van der Waals surface area contributed by atoms with Crippen molar-refractivity contribution in [2.75, 3.05) is 6.61 Å². The summed E-state index contributed by atoms with van der Waals surface area (Å²) in [6.07, 6.45) is 2.93. The van der Waals surface area contributed by atoms with Gasteiger partial charge in [0.2, 0.25) is 0 Å². The summed E-state index contributed by atoms with van der Waals surface area (Å²) >= 11 is 0. The molecule has 1 saturated carbocycles. The van der Waals surface area contributed by atoms with E-state index in [4.69, 9.17) is 14.2 Å². The number of fused-ring (bicyclic) bond motifs is 1. The van der Waals surface area contributed by atoms with Crippen LogP contribution in [0.2, 0.25) is 0 Å². The van der Waals surface area contributed by atoms with E-state index in [1.54, 1.807) is 0 Å². The van der Waals surface area contributed by atoms with Crippen LogP contribution in [0.3, 0.4) is 0 Å². The van der Waals surface area contributed by atoms with E-state index < -0.39 is 41.6 Å². The van der Waals surface area contributed by atoms with Crippen LogP contribution in [0, 0.1) is 0 Å². The predicted octanol–water partition coefficient (Wildman–Crippen LogP) is -0.519. The van der Waals surface area contributed by atoms with E-state index in [2.05, 4.69) is 4.98 Å². The van der Waals surface area contributed by atoms with Crippen LogP contribution in [-0.4, -0.2) is 45.4 Å². The number of aromatic nitrogens is 2. The Hall–Kier alpha value is -1.48. The van der Waals surface area contributed by atoms with Crippen LogP contribution in [0.25, 0.3) is 0 Å². The number of ether oxygens (including phenoxy) is 3. The molecule has 1 aliphatic carbocycles. The van der Waals surface area contributed by atoms with Crippen LogP contribution in [-0.2, 0) is 14.2 Å². The van der Waals surface area contributed by atoms with Crippen molar-refractivity contribution in [1.29, 1.82) is 0 Å². The maximum atomic E-state index is 12.0. The number of nitrogens with one attached hydrogen (secondary N) is 1. The first-order valence-corrected chi connectivity index (χ1v) is 7.55. The number of aliphatic hydroxyl groups excluding tert-OH is 1. The topological polar surface area (TPSA) is 103 Å². The Bertz CT molecular complexity index is 676. The second-order valence-electron chi connectivity index (χ2n) is 6.05. The van der Waals surface area contributed by atoms with Gasteiger partial charge in [-0.05, 0) is 12.8 Å². The number of nitrogens with zero attached hydrogens (tertiary/aromatic N) is 1. The molecule has 0 radical (unpaired) electrons. The number of aliphatic hydroxyl groups is 1. The first-order valence-electron chi connectivity index (χ1n) is 7.55. The molecule has 8 heteroatoms. The number of aromatic amines is 1. The molecule has 4 atom stereocenters. The summed E-state index contributed by atoms with van der Waals surface area (Å²) in [5.41, 5.74) is -1.03. The monoisotopic (exact) mass is 310 g/mol. The second kappa shape index (κ2) is 5.02. The molecule has 3 heterocycles. The van der Waals surface area contributed by atoms with Crippen molar-refractivity contribution in [1.82, 2.24) is 9.55 Å². The molecular formula is C14H18N2O6. The smallest absolute Gasteiger partial charge is 0.330 e. The Morgan fingerprint density at radius 2 is 2.00 bits per heavy atom. The van der Waals surface area contributed by atoms with Crippen molar-refractivity contribution in [2.24, 2.45) is 0 Å². The van der Waals surface area contributed by atoms with Crippen LogP contribution in [0.15, 0.2) is 21.9 Å². The normalized spacial score (nSPS) is 36.0. The molecule has 120 valence electrons. The Morgan fingerprint density at radius 1 is 1.27 bits per heavy atom. The fourth-order valence-corrected chi connectivity index (χ4v) is 3.65. The van der Waals surface area contributed by atoms with Gasteiger partial charge >= 0.3 is 5.69 Å². The number of H-pyrrole nitrogens is 1. The lowest BCUT2D eigenvalue weighted by Crippen LogP contribution is -2.37.